The van der Waals surface area contributed by atoms with Crippen molar-refractivity contribution in [3.63, 3.8) is 0 Å². The molecule has 0 amide bonds. The van der Waals surface area contributed by atoms with E-state index in [2.05, 4.69) is 4.74 Å². The van der Waals surface area contributed by atoms with Crippen LogP contribution in [0.2, 0.25) is 0 Å². The van der Waals surface area contributed by atoms with Crippen molar-refractivity contribution in [2.45, 2.75) is 51.5 Å². The summed E-state index contributed by atoms with van der Waals surface area (Å²) in [4.78, 5) is 32.6. The quantitative estimate of drug-likeness (QED) is 0.201. The van der Waals surface area contributed by atoms with E-state index in [0.29, 0.717) is 6.42 Å². The second kappa shape index (κ2) is 15.0. The van der Waals surface area contributed by atoms with E-state index in [1.54, 1.807) is 0 Å². The first-order valence-corrected chi connectivity index (χ1v) is 5.69. The molecule has 0 saturated heterocycles. The van der Waals surface area contributed by atoms with Gasteiger partial charge in [-0.25, -0.2) is 0 Å². The average molecular weight is 293 g/mol. The molecule has 0 spiro atoms. The third-order valence-electron chi connectivity index (χ3n) is 2.19. The Morgan fingerprint density at radius 2 is 1.68 bits per heavy atom. The maximum atomic E-state index is 11.1. The molecule has 0 aromatic heterocycles. The second-order valence-electron chi connectivity index (χ2n) is 3.79. The van der Waals surface area contributed by atoms with E-state index in [1.165, 1.54) is 0 Å². The van der Waals surface area contributed by atoms with Gasteiger partial charge in [-0.15, -0.1) is 0 Å². The van der Waals surface area contributed by atoms with Crippen molar-refractivity contribution >= 4 is 17.9 Å². The van der Waals surface area contributed by atoms with E-state index in [1.807, 2.05) is 6.92 Å². The molecule has 6 nitrogen and oxygen atoms in total. The van der Waals surface area contributed by atoms with Crippen LogP contribution in [0.5, 0.6) is 0 Å². The number of nitrogens with two attached hydrogens (primary N) is 1. The molecule has 8 heteroatoms. The van der Waals surface area contributed by atoms with E-state index >= 15 is 0 Å². The van der Waals surface area contributed by atoms with E-state index < -0.39 is 23.9 Å². The Morgan fingerprint density at radius 3 is 2.16 bits per heavy atom. The first-order chi connectivity index (χ1) is 7.97. The van der Waals surface area contributed by atoms with Crippen LogP contribution < -0.4 is 64.8 Å². The number of esters is 2. The van der Waals surface area contributed by atoms with Crippen LogP contribution in [0.15, 0.2) is 0 Å². The number of carbonyl (C=O) groups excluding carboxylic acids is 2. The summed E-state index contributed by atoms with van der Waals surface area (Å²) in [5.74, 6) is -2.46. The number of hydrogen-bond acceptors (Lipinski definition) is 5. The van der Waals surface area contributed by atoms with Gasteiger partial charge in [-0.2, -0.15) is 0 Å². The van der Waals surface area contributed by atoms with E-state index in [0.717, 1.165) is 12.8 Å². The number of rotatable bonds is 8. The summed E-state index contributed by atoms with van der Waals surface area (Å²) in [6.07, 6.45) is 2.60. The maximum absolute atomic E-state index is 11.1. The minimum Gasteiger partial charge on any atom is -1.00 e. The van der Waals surface area contributed by atoms with Crippen LogP contribution in [0.3, 0.4) is 0 Å². The Morgan fingerprint density at radius 1 is 1.16 bits per heavy atom. The zero-order valence-electron chi connectivity index (χ0n) is 14.0. The molecule has 0 bridgehead atoms. The van der Waals surface area contributed by atoms with Crippen molar-refractivity contribution in [2.75, 3.05) is 0 Å². The number of carboxylic acids is 1. The van der Waals surface area contributed by atoms with Gasteiger partial charge in [-0.1, -0.05) is 19.8 Å². The molecule has 0 radical (unpaired) electrons. The molecule has 0 aliphatic rings. The van der Waals surface area contributed by atoms with Crippen LogP contribution in [0.4, 0.5) is 0 Å². The first kappa shape index (κ1) is 24.6. The van der Waals surface area contributed by atoms with Crippen LogP contribution in [-0.2, 0) is 19.1 Å². The standard InChI is InChI=1S/C11H19NO5.2Na.2H/c1-2-3-4-5-9(13)17-10(14)7-6-8(12)11(15)16;;;;/h8H,2-7,12H2,1H3,(H,15,16);;;;/q;2*+1;2*-1/t8-;;;;/m0..../s1. The number of carboxylic acid groups (broad SMARTS) is 1. The molecular formula is C11H21NNa2O5. The summed E-state index contributed by atoms with van der Waals surface area (Å²) < 4.78 is 4.50. The molecule has 0 fully saturated rings. The molecule has 0 aromatic rings. The Labute approximate surface area is 160 Å². The zero-order valence-corrected chi connectivity index (χ0v) is 16.0. The Kier molecular flexibility index (Phi) is 19.4. The predicted octanol–water partition coefficient (Wildman–Crippen LogP) is -4.94. The van der Waals surface area contributed by atoms with Crippen LogP contribution in [-0.4, -0.2) is 29.1 Å². The summed E-state index contributed by atoms with van der Waals surface area (Å²) in [6.45, 7) is 2.00. The molecule has 0 aliphatic heterocycles. The SMILES string of the molecule is CCCCCC(=O)OC(=O)CC[C@H](N)C(=O)O.[H-].[H-].[Na+].[Na+]. The van der Waals surface area contributed by atoms with E-state index in [4.69, 9.17) is 10.8 Å². The van der Waals surface area contributed by atoms with Crippen molar-refractivity contribution in [2.24, 2.45) is 5.73 Å². The summed E-state index contributed by atoms with van der Waals surface area (Å²) in [7, 11) is 0. The zero-order chi connectivity index (χ0) is 13.3. The second-order valence-corrected chi connectivity index (χ2v) is 3.79. The van der Waals surface area contributed by atoms with Gasteiger partial charge < -0.3 is 18.4 Å². The largest absolute Gasteiger partial charge is 1.00 e. The molecule has 0 saturated carbocycles. The summed E-state index contributed by atoms with van der Waals surface area (Å²) in [5, 5.41) is 8.48. The monoisotopic (exact) mass is 293 g/mol. The van der Waals surface area contributed by atoms with Crippen molar-refractivity contribution in [3.05, 3.63) is 0 Å². The molecule has 0 unspecified atom stereocenters. The fourth-order valence-electron chi connectivity index (χ4n) is 1.15. The number of aliphatic carboxylic acids is 1. The van der Waals surface area contributed by atoms with Gasteiger partial charge in [-0.3, -0.25) is 14.4 Å². The molecule has 0 rings (SSSR count). The van der Waals surface area contributed by atoms with Crippen LogP contribution in [0.25, 0.3) is 0 Å². The molecular weight excluding hydrogens is 272 g/mol. The molecule has 1 atom stereocenters. The smallest absolute Gasteiger partial charge is 1.00 e. The van der Waals surface area contributed by atoms with Gasteiger partial charge in [0.15, 0.2) is 0 Å². The van der Waals surface area contributed by atoms with Gasteiger partial charge in [0.05, 0.1) is 0 Å². The van der Waals surface area contributed by atoms with Gasteiger partial charge in [0, 0.05) is 12.8 Å². The van der Waals surface area contributed by atoms with E-state index in [9.17, 15) is 14.4 Å². The summed E-state index contributed by atoms with van der Waals surface area (Å²) in [5.41, 5.74) is 5.20. The molecule has 0 heterocycles. The summed E-state index contributed by atoms with van der Waals surface area (Å²) in [6, 6.07) is -1.10. The number of carbonyl (C=O) groups is 3. The molecule has 102 valence electrons. The molecule has 19 heavy (non-hydrogen) atoms. The first-order valence-electron chi connectivity index (χ1n) is 5.69. The minimum absolute atomic E-state index is 0. The van der Waals surface area contributed by atoms with Crippen molar-refractivity contribution in [3.8, 4) is 0 Å². The fraction of sp³-hybridized carbons (Fsp3) is 0.727. The normalized spacial score (nSPS) is 10.6. The summed E-state index contributed by atoms with van der Waals surface area (Å²) >= 11 is 0. The van der Waals surface area contributed by atoms with Gasteiger partial charge in [-0.05, 0) is 12.8 Å². The fourth-order valence-corrected chi connectivity index (χ4v) is 1.15. The Hall–Kier alpha value is 0.570. The number of ether oxygens (including phenoxy) is 1. The maximum Gasteiger partial charge on any atom is 1.00 e. The van der Waals surface area contributed by atoms with Gasteiger partial charge in [0.2, 0.25) is 0 Å². The van der Waals surface area contributed by atoms with Crippen molar-refractivity contribution in [1.82, 2.24) is 0 Å². The number of hydrogen-bond donors (Lipinski definition) is 2. The van der Waals surface area contributed by atoms with Gasteiger partial charge in [0.1, 0.15) is 6.04 Å². The van der Waals surface area contributed by atoms with Crippen LogP contribution >= 0.6 is 0 Å². The predicted molar refractivity (Wildman–Crippen MR) is 62.3 cm³/mol. The average Bonchev–Trinajstić information content (AvgIpc) is 2.26. The molecule has 0 aromatic carbocycles. The van der Waals surface area contributed by atoms with Crippen LogP contribution in [0, 0.1) is 0 Å². The number of unbranched alkanes of at least 4 members (excludes halogenated alkanes) is 2. The third-order valence-corrected chi connectivity index (χ3v) is 2.19. The molecule has 3 N–H and O–H groups in total. The van der Waals surface area contributed by atoms with Gasteiger partial charge in [0.25, 0.3) is 0 Å². The van der Waals surface area contributed by atoms with Crippen molar-refractivity contribution < 1.29 is 86.2 Å². The van der Waals surface area contributed by atoms with Crippen molar-refractivity contribution in [1.29, 1.82) is 0 Å². The van der Waals surface area contributed by atoms with E-state index in [-0.39, 0.29) is 81.2 Å². The Balaban J connectivity index is -0.000000213. The topological polar surface area (TPSA) is 107 Å². The van der Waals surface area contributed by atoms with Gasteiger partial charge >= 0.3 is 77.0 Å². The molecule has 0 aliphatic carbocycles. The Bertz CT molecular complexity index is 296. The minimum atomic E-state index is -1.17. The van der Waals surface area contributed by atoms with Crippen LogP contribution in [0.1, 0.15) is 48.3 Å². The third kappa shape index (κ3) is 14.8.